The highest BCUT2D eigenvalue weighted by Gasteiger charge is 2.23. The van der Waals surface area contributed by atoms with E-state index < -0.39 is 5.97 Å². The van der Waals surface area contributed by atoms with Crippen LogP contribution in [-0.4, -0.2) is 47.7 Å². The van der Waals surface area contributed by atoms with Crippen molar-refractivity contribution < 1.29 is 9.90 Å². The zero-order chi connectivity index (χ0) is 11.3. The van der Waals surface area contributed by atoms with Gasteiger partial charge in [0.1, 0.15) is 0 Å². The van der Waals surface area contributed by atoms with Crippen molar-refractivity contribution in [3.63, 3.8) is 0 Å². The summed E-state index contributed by atoms with van der Waals surface area (Å²) in [5.74, 6) is -0.697. The van der Waals surface area contributed by atoms with Crippen molar-refractivity contribution in [2.24, 2.45) is 0 Å². The molecular formula is C11H22N2O2. The Hall–Kier alpha value is -0.610. The lowest BCUT2D eigenvalue weighted by Crippen LogP contribution is -2.55. The SMILES string of the molecule is CCCN1CC(C)NC(CCC(=O)O)C1. The maximum atomic E-state index is 10.5. The molecule has 1 fully saturated rings. The summed E-state index contributed by atoms with van der Waals surface area (Å²) in [7, 11) is 0. The van der Waals surface area contributed by atoms with Crippen LogP contribution < -0.4 is 5.32 Å². The summed E-state index contributed by atoms with van der Waals surface area (Å²) >= 11 is 0. The minimum atomic E-state index is -0.697. The molecule has 0 amide bonds. The van der Waals surface area contributed by atoms with Gasteiger partial charge in [-0.1, -0.05) is 6.92 Å². The summed E-state index contributed by atoms with van der Waals surface area (Å²) in [5, 5.41) is 12.1. The molecule has 1 heterocycles. The molecule has 2 atom stereocenters. The summed E-state index contributed by atoms with van der Waals surface area (Å²) in [5.41, 5.74) is 0. The highest BCUT2D eigenvalue weighted by atomic mass is 16.4. The number of piperazine rings is 1. The molecule has 1 aliphatic heterocycles. The predicted molar refractivity (Wildman–Crippen MR) is 60.0 cm³/mol. The van der Waals surface area contributed by atoms with Crippen molar-refractivity contribution in [2.45, 2.75) is 45.2 Å². The molecule has 1 rings (SSSR count). The fourth-order valence-electron chi connectivity index (χ4n) is 2.25. The van der Waals surface area contributed by atoms with Crippen LogP contribution in [0.2, 0.25) is 0 Å². The zero-order valence-corrected chi connectivity index (χ0v) is 9.70. The van der Waals surface area contributed by atoms with Gasteiger partial charge in [0, 0.05) is 31.6 Å². The van der Waals surface area contributed by atoms with Gasteiger partial charge in [0.25, 0.3) is 0 Å². The quantitative estimate of drug-likeness (QED) is 0.714. The fourth-order valence-corrected chi connectivity index (χ4v) is 2.25. The Balaban J connectivity index is 2.34. The van der Waals surface area contributed by atoms with Crippen molar-refractivity contribution in [1.29, 1.82) is 0 Å². The van der Waals surface area contributed by atoms with E-state index in [0.29, 0.717) is 12.1 Å². The van der Waals surface area contributed by atoms with Crippen LogP contribution in [0.5, 0.6) is 0 Å². The van der Waals surface area contributed by atoms with Crippen molar-refractivity contribution in [2.75, 3.05) is 19.6 Å². The molecule has 4 heteroatoms. The van der Waals surface area contributed by atoms with Crippen molar-refractivity contribution in [3.8, 4) is 0 Å². The van der Waals surface area contributed by atoms with Crippen molar-refractivity contribution in [3.05, 3.63) is 0 Å². The monoisotopic (exact) mass is 214 g/mol. The Bertz CT molecular complexity index is 209. The summed E-state index contributed by atoms with van der Waals surface area (Å²) in [6.07, 6.45) is 2.17. The van der Waals surface area contributed by atoms with Crippen LogP contribution in [0.1, 0.15) is 33.1 Å². The molecule has 2 N–H and O–H groups in total. The lowest BCUT2D eigenvalue weighted by Gasteiger charge is -2.37. The molecule has 0 aliphatic carbocycles. The second kappa shape index (κ2) is 6.08. The highest BCUT2D eigenvalue weighted by molar-refractivity contribution is 5.66. The lowest BCUT2D eigenvalue weighted by molar-refractivity contribution is -0.137. The van der Waals surface area contributed by atoms with Gasteiger partial charge in [-0.15, -0.1) is 0 Å². The first-order valence-corrected chi connectivity index (χ1v) is 5.82. The number of rotatable bonds is 5. The topological polar surface area (TPSA) is 52.6 Å². The zero-order valence-electron chi connectivity index (χ0n) is 9.70. The van der Waals surface area contributed by atoms with Gasteiger partial charge < -0.3 is 15.3 Å². The number of nitrogens with one attached hydrogen (secondary N) is 1. The van der Waals surface area contributed by atoms with Gasteiger partial charge in [0.15, 0.2) is 0 Å². The van der Waals surface area contributed by atoms with E-state index in [1.54, 1.807) is 0 Å². The molecule has 0 spiro atoms. The van der Waals surface area contributed by atoms with Crippen molar-refractivity contribution in [1.82, 2.24) is 10.2 Å². The van der Waals surface area contributed by atoms with E-state index in [1.807, 2.05) is 0 Å². The van der Waals surface area contributed by atoms with Gasteiger partial charge in [-0.05, 0) is 26.3 Å². The molecule has 88 valence electrons. The molecule has 4 nitrogen and oxygen atoms in total. The molecule has 0 aromatic heterocycles. The van der Waals surface area contributed by atoms with E-state index in [9.17, 15) is 4.79 Å². The van der Waals surface area contributed by atoms with Crippen LogP contribution in [0.25, 0.3) is 0 Å². The smallest absolute Gasteiger partial charge is 0.303 e. The average Bonchev–Trinajstić information content (AvgIpc) is 2.14. The number of aliphatic carboxylic acids is 1. The standard InChI is InChI=1S/C11H22N2O2/c1-3-6-13-7-9(2)12-10(8-13)4-5-11(14)15/h9-10,12H,3-8H2,1-2H3,(H,14,15). The molecule has 1 aliphatic rings. The molecule has 0 saturated carbocycles. The molecule has 0 aromatic rings. The summed E-state index contributed by atoms with van der Waals surface area (Å²) < 4.78 is 0. The third kappa shape index (κ3) is 4.62. The minimum Gasteiger partial charge on any atom is -0.481 e. The molecule has 2 unspecified atom stereocenters. The van der Waals surface area contributed by atoms with Crippen LogP contribution in [0, 0.1) is 0 Å². The number of carbonyl (C=O) groups is 1. The van der Waals surface area contributed by atoms with Crippen LogP contribution in [0.4, 0.5) is 0 Å². The summed E-state index contributed by atoms with van der Waals surface area (Å²) in [6.45, 7) is 7.53. The third-order valence-electron chi connectivity index (χ3n) is 2.78. The van der Waals surface area contributed by atoms with E-state index in [1.165, 1.54) is 6.42 Å². The Kier molecular flexibility index (Phi) is 5.05. The molecule has 15 heavy (non-hydrogen) atoms. The average molecular weight is 214 g/mol. The van der Waals surface area contributed by atoms with Gasteiger partial charge in [-0.3, -0.25) is 4.79 Å². The highest BCUT2D eigenvalue weighted by Crippen LogP contribution is 2.09. The van der Waals surface area contributed by atoms with Gasteiger partial charge >= 0.3 is 5.97 Å². The normalized spacial score (nSPS) is 27.9. The summed E-state index contributed by atoms with van der Waals surface area (Å²) in [4.78, 5) is 12.9. The van der Waals surface area contributed by atoms with Gasteiger partial charge in [-0.2, -0.15) is 0 Å². The predicted octanol–water partition coefficient (Wildman–Crippen LogP) is 0.923. The maximum Gasteiger partial charge on any atom is 0.303 e. The second-order valence-corrected chi connectivity index (χ2v) is 4.46. The van der Waals surface area contributed by atoms with E-state index >= 15 is 0 Å². The number of carboxylic acid groups (broad SMARTS) is 1. The molecule has 0 bridgehead atoms. The van der Waals surface area contributed by atoms with Crippen LogP contribution >= 0.6 is 0 Å². The van der Waals surface area contributed by atoms with E-state index in [-0.39, 0.29) is 6.42 Å². The number of hydrogen-bond donors (Lipinski definition) is 2. The fraction of sp³-hybridized carbons (Fsp3) is 0.909. The van der Waals surface area contributed by atoms with Gasteiger partial charge in [0.05, 0.1) is 0 Å². The van der Waals surface area contributed by atoms with E-state index in [2.05, 4.69) is 24.1 Å². The van der Waals surface area contributed by atoms with Crippen molar-refractivity contribution >= 4 is 5.97 Å². The second-order valence-electron chi connectivity index (χ2n) is 4.46. The number of nitrogens with zero attached hydrogens (tertiary/aromatic N) is 1. The van der Waals surface area contributed by atoms with E-state index in [4.69, 9.17) is 5.11 Å². The molecular weight excluding hydrogens is 192 g/mol. The largest absolute Gasteiger partial charge is 0.481 e. The third-order valence-corrected chi connectivity index (χ3v) is 2.78. The first kappa shape index (κ1) is 12.5. The Labute approximate surface area is 91.6 Å². The minimum absolute atomic E-state index is 0.268. The molecule has 0 radical (unpaired) electrons. The van der Waals surface area contributed by atoms with Gasteiger partial charge in [-0.25, -0.2) is 0 Å². The van der Waals surface area contributed by atoms with Crippen LogP contribution in [0.15, 0.2) is 0 Å². The van der Waals surface area contributed by atoms with Gasteiger partial charge in [0.2, 0.25) is 0 Å². The molecule has 0 aromatic carbocycles. The Morgan fingerprint density at radius 3 is 2.87 bits per heavy atom. The number of hydrogen-bond acceptors (Lipinski definition) is 3. The number of carboxylic acids is 1. The first-order valence-electron chi connectivity index (χ1n) is 5.82. The lowest BCUT2D eigenvalue weighted by atomic mass is 10.1. The summed E-state index contributed by atoms with van der Waals surface area (Å²) in [6, 6.07) is 0.820. The van der Waals surface area contributed by atoms with Crippen LogP contribution in [0.3, 0.4) is 0 Å². The Morgan fingerprint density at radius 1 is 1.53 bits per heavy atom. The maximum absolute atomic E-state index is 10.5. The van der Waals surface area contributed by atoms with E-state index in [0.717, 1.165) is 26.1 Å². The van der Waals surface area contributed by atoms with Crippen LogP contribution in [-0.2, 0) is 4.79 Å². The first-order chi connectivity index (χ1) is 7.11. The Morgan fingerprint density at radius 2 is 2.27 bits per heavy atom. The molecule has 1 saturated heterocycles.